The van der Waals surface area contributed by atoms with Gasteiger partial charge in [0.05, 0.1) is 0 Å². The molecule has 1 aromatic heterocycles. The van der Waals surface area contributed by atoms with Crippen molar-refractivity contribution in [1.29, 1.82) is 0 Å². The lowest BCUT2D eigenvalue weighted by atomic mass is 10.2. The number of thiazole rings is 1. The van der Waals surface area contributed by atoms with E-state index in [9.17, 15) is 18.0 Å². The third-order valence-electron chi connectivity index (χ3n) is 2.53. The molecule has 1 heterocycles. The number of carbonyl (C=O) groups is 1. The SMILES string of the molecule is C=CCNC(=O)c1sc(-c2ccccc2)nc1C(F)(F)F. The van der Waals surface area contributed by atoms with Crippen LogP contribution in [0.2, 0.25) is 0 Å². The van der Waals surface area contributed by atoms with E-state index >= 15 is 0 Å². The molecule has 21 heavy (non-hydrogen) atoms. The van der Waals surface area contributed by atoms with E-state index in [2.05, 4.69) is 16.9 Å². The second-order valence-corrected chi connectivity index (χ2v) is 5.06. The Kier molecular flexibility index (Phi) is 4.42. The van der Waals surface area contributed by atoms with Crippen molar-refractivity contribution >= 4 is 17.2 Å². The summed E-state index contributed by atoms with van der Waals surface area (Å²) in [5, 5.41) is 2.50. The number of nitrogens with zero attached hydrogens (tertiary/aromatic N) is 1. The van der Waals surface area contributed by atoms with Gasteiger partial charge in [0.2, 0.25) is 0 Å². The highest BCUT2D eigenvalue weighted by Crippen LogP contribution is 2.37. The van der Waals surface area contributed by atoms with Crippen LogP contribution in [0.3, 0.4) is 0 Å². The molecular formula is C14H11F3N2OS. The van der Waals surface area contributed by atoms with Crippen LogP contribution in [0.5, 0.6) is 0 Å². The molecule has 0 aliphatic carbocycles. The van der Waals surface area contributed by atoms with Crippen LogP contribution in [-0.4, -0.2) is 17.4 Å². The average molecular weight is 312 g/mol. The first-order valence-corrected chi connectivity index (χ1v) is 6.77. The van der Waals surface area contributed by atoms with Crippen molar-refractivity contribution in [3.8, 4) is 10.6 Å². The quantitative estimate of drug-likeness (QED) is 0.874. The molecule has 7 heteroatoms. The van der Waals surface area contributed by atoms with Gasteiger partial charge in [-0.25, -0.2) is 4.98 Å². The van der Waals surface area contributed by atoms with E-state index in [0.717, 1.165) is 11.3 Å². The first-order valence-electron chi connectivity index (χ1n) is 5.96. The van der Waals surface area contributed by atoms with Gasteiger partial charge in [-0.05, 0) is 0 Å². The fraction of sp³-hybridized carbons (Fsp3) is 0.143. The molecule has 0 radical (unpaired) electrons. The van der Waals surface area contributed by atoms with Gasteiger partial charge < -0.3 is 5.32 Å². The first-order chi connectivity index (χ1) is 9.93. The van der Waals surface area contributed by atoms with Gasteiger partial charge in [0.1, 0.15) is 9.88 Å². The molecule has 1 amide bonds. The Bertz CT molecular complexity index is 650. The minimum atomic E-state index is -4.68. The Morgan fingerprint density at radius 2 is 2.00 bits per heavy atom. The number of alkyl halides is 3. The zero-order chi connectivity index (χ0) is 15.5. The van der Waals surface area contributed by atoms with E-state index in [4.69, 9.17) is 0 Å². The Morgan fingerprint density at radius 3 is 2.57 bits per heavy atom. The fourth-order valence-electron chi connectivity index (χ4n) is 1.62. The maximum absolute atomic E-state index is 13.0. The summed E-state index contributed by atoms with van der Waals surface area (Å²) >= 11 is 0.721. The van der Waals surface area contributed by atoms with Crippen LogP contribution in [0, 0.1) is 0 Å². The van der Waals surface area contributed by atoms with Gasteiger partial charge in [-0.1, -0.05) is 36.4 Å². The number of benzene rings is 1. The molecule has 0 saturated heterocycles. The van der Waals surface area contributed by atoms with Crippen LogP contribution in [0.4, 0.5) is 13.2 Å². The van der Waals surface area contributed by atoms with E-state index in [1.807, 2.05) is 0 Å². The van der Waals surface area contributed by atoms with Crippen LogP contribution in [-0.2, 0) is 6.18 Å². The molecule has 0 fully saturated rings. The molecule has 0 bridgehead atoms. The monoisotopic (exact) mass is 312 g/mol. The van der Waals surface area contributed by atoms with Gasteiger partial charge in [0.25, 0.3) is 5.91 Å². The molecular weight excluding hydrogens is 301 g/mol. The number of amides is 1. The molecule has 0 saturated carbocycles. The number of nitrogens with one attached hydrogen (secondary N) is 1. The number of halogens is 3. The Hall–Kier alpha value is -2.15. The van der Waals surface area contributed by atoms with Crippen LogP contribution in [0.15, 0.2) is 43.0 Å². The molecule has 1 N–H and O–H groups in total. The van der Waals surface area contributed by atoms with Gasteiger partial charge in [0.15, 0.2) is 5.69 Å². The predicted molar refractivity (Wildman–Crippen MR) is 75.1 cm³/mol. The second-order valence-electron chi connectivity index (χ2n) is 4.06. The molecule has 2 rings (SSSR count). The average Bonchev–Trinajstić information content (AvgIpc) is 2.91. The van der Waals surface area contributed by atoms with Crippen molar-refractivity contribution in [1.82, 2.24) is 10.3 Å². The van der Waals surface area contributed by atoms with E-state index in [1.165, 1.54) is 6.08 Å². The van der Waals surface area contributed by atoms with Crippen molar-refractivity contribution in [2.45, 2.75) is 6.18 Å². The third-order valence-corrected chi connectivity index (χ3v) is 3.63. The maximum atomic E-state index is 13.0. The third kappa shape index (κ3) is 3.49. The van der Waals surface area contributed by atoms with Crippen molar-refractivity contribution in [2.24, 2.45) is 0 Å². The summed E-state index contributed by atoms with van der Waals surface area (Å²) in [6.45, 7) is 3.49. The van der Waals surface area contributed by atoms with Gasteiger partial charge in [-0.2, -0.15) is 13.2 Å². The first kappa shape index (κ1) is 15.2. The topological polar surface area (TPSA) is 42.0 Å². The zero-order valence-electron chi connectivity index (χ0n) is 10.8. The van der Waals surface area contributed by atoms with Gasteiger partial charge in [0, 0.05) is 12.1 Å². The van der Waals surface area contributed by atoms with Crippen molar-refractivity contribution in [2.75, 3.05) is 6.54 Å². The molecule has 0 unspecified atom stereocenters. The number of carbonyl (C=O) groups excluding carboxylic acids is 1. The highest BCUT2D eigenvalue weighted by atomic mass is 32.1. The van der Waals surface area contributed by atoms with Crippen molar-refractivity contribution < 1.29 is 18.0 Å². The van der Waals surface area contributed by atoms with E-state index in [1.54, 1.807) is 30.3 Å². The molecule has 0 atom stereocenters. The number of rotatable bonds is 4. The van der Waals surface area contributed by atoms with Crippen molar-refractivity contribution in [3.05, 3.63) is 53.6 Å². The minimum absolute atomic E-state index is 0.0920. The summed E-state index contributed by atoms with van der Waals surface area (Å²) in [5.74, 6) is -0.804. The van der Waals surface area contributed by atoms with Gasteiger partial charge in [-0.3, -0.25) is 4.79 Å². The molecule has 0 aliphatic rings. The lowest BCUT2D eigenvalue weighted by Gasteiger charge is -2.05. The van der Waals surface area contributed by atoms with E-state index in [-0.39, 0.29) is 11.6 Å². The number of aromatic nitrogens is 1. The molecule has 3 nitrogen and oxygen atoms in total. The predicted octanol–water partition coefficient (Wildman–Crippen LogP) is 3.74. The Labute approximate surface area is 123 Å². The highest BCUT2D eigenvalue weighted by molar-refractivity contribution is 7.17. The Balaban J connectivity index is 2.46. The summed E-state index contributed by atoms with van der Waals surface area (Å²) in [6.07, 6.45) is -3.28. The fourth-order valence-corrected chi connectivity index (χ4v) is 2.62. The summed E-state index contributed by atoms with van der Waals surface area (Å²) in [4.78, 5) is 15.0. The maximum Gasteiger partial charge on any atom is 0.435 e. The van der Waals surface area contributed by atoms with Crippen molar-refractivity contribution in [3.63, 3.8) is 0 Å². The van der Waals surface area contributed by atoms with Crippen LogP contribution < -0.4 is 5.32 Å². The summed E-state index contributed by atoms with van der Waals surface area (Å²) in [5.41, 5.74) is -0.622. The highest BCUT2D eigenvalue weighted by Gasteiger charge is 2.39. The molecule has 2 aromatic rings. The smallest absolute Gasteiger partial charge is 0.348 e. The van der Waals surface area contributed by atoms with E-state index in [0.29, 0.717) is 5.56 Å². The van der Waals surface area contributed by atoms with Crippen LogP contribution in [0.25, 0.3) is 10.6 Å². The summed E-state index contributed by atoms with van der Waals surface area (Å²) < 4.78 is 39.0. The van der Waals surface area contributed by atoms with Gasteiger partial charge in [-0.15, -0.1) is 17.9 Å². The summed E-state index contributed by atoms with van der Waals surface area (Å²) in [7, 11) is 0. The standard InChI is InChI=1S/C14H11F3N2OS/c1-2-8-18-12(20)10-11(14(15,16)17)19-13(21-10)9-6-4-3-5-7-9/h2-7H,1,8H2,(H,18,20). The number of hydrogen-bond donors (Lipinski definition) is 1. The lowest BCUT2D eigenvalue weighted by molar-refractivity contribution is -0.141. The van der Waals surface area contributed by atoms with E-state index < -0.39 is 22.7 Å². The molecule has 110 valence electrons. The lowest BCUT2D eigenvalue weighted by Crippen LogP contribution is -2.25. The molecule has 0 aliphatic heterocycles. The Morgan fingerprint density at radius 1 is 1.33 bits per heavy atom. The summed E-state index contributed by atoms with van der Waals surface area (Å²) in [6, 6.07) is 8.43. The molecule has 1 aromatic carbocycles. The van der Waals surface area contributed by atoms with Crippen LogP contribution >= 0.6 is 11.3 Å². The van der Waals surface area contributed by atoms with Gasteiger partial charge >= 0.3 is 6.18 Å². The molecule has 0 spiro atoms. The zero-order valence-corrected chi connectivity index (χ0v) is 11.6. The minimum Gasteiger partial charge on any atom is -0.348 e. The second kappa shape index (κ2) is 6.09. The number of hydrogen-bond acceptors (Lipinski definition) is 3. The van der Waals surface area contributed by atoms with Crippen LogP contribution in [0.1, 0.15) is 15.4 Å². The normalized spacial score (nSPS) is 11.2. The largest absolute Gasteiger partial charge is 0.435 e.